The van der Waals surface area contributed by atoms with E-state index < -0.39 is 23.5 Å². The first kappa shape index (κ1) is 14.2. The Labute approximate surface area is 118 Å². The highest BCUT2D eigenvalue weighted by molar-refractivity contribution is 6.09. The molecule has 106 valence electrons. The van der Waals surface area contributed by atoms with Crippen LogP contribution >= 0.6 is 0 Å². The van der Waals surface area contributed by atoms with E-state index >= 15 is 0 Å². The number of anilines is 1. The molecule has 21 heavy (non-hydrogen) atoms. The highest BCUT2D eigenvalue weighted by Gasteiger charge is 2.13. The van der Waals surface area contributed by atoms with Crippen LogP contribution in [0.5, 0.6) is 0 Å². The minimum absolute atomic E-state index is 0.112. The van der Waals surface area contributed by atoms with Gasteiger partial charge in [0.05, 0.1) is 23.2 Å². The number of hydrogen-bond acceptors (Lipinski definition) is 6. The van der Waals surface area contributed by atoms with Gasteiger partial charge in [0.1, 0.15) is 0 Å². The second-order valence-corrected chi connectivity index (χ2v) is 4.01. The van der Waals surface area contributed by atoms with Crippen molar-refractivity contribution >= 4 is 23.5 Å². The van der Waals surface area contributed by atoms with Crippen LogP contribution in [0.2, 0.25) is 0 Å². The number of benzene rings is 1. The van der Waals surface area contributed by atoms with Crippen molar-refractivity contribution in [2.45, 2.75) is 0 Å². The Morgan fingerprint density at radius 2 is 1.76 bits per heavy atom. The zero-order valence-electron chi connectivity index (χ0n) is 10.5. The second kappa shape index (κ2) is 5.83. The van der Waals surface area contributed by atoms with Crippen molar-refractivity contribution < 1.29 is 24.6 Å². The van der Waals surface area contributed by atoms with Gasteiger partial charge in [-0.1, -0.05) is 12.1 Å². The summed E-state index contributed by atoms with van der Waals surface area (Å²) < 4.78 is 0. The zero-order valence-corrected chi connectivity index (χ0v) is 10.5. The van der Waals surface area contributed by atoms with Gasteiger partial charge in [0, 0.05) is 11.9 Å². The number of rotatable bonds is 4. The number of aromatic carboxylic acids is 2. The van der Waals surface area contributed by atoms with Crippen molar-refractivity contribution in [2.75, 3.05) is 5.32 Å². The third kappa shape index (κ3) is 3.21. The van der Waals surface area contributed by atoms with E-state index in [2.05, 4.69) is 10.3 Å². The number of aromatic nitrogens is 1. The Balaban J connectivity index is 2.28. The lowest BCUT2D eigenvalue weighted by Gasteiger charge is -2.11. The van der Waals surface area contributed by atoms with Crippen LogP contribution in [-0.2, 0) is 0 Å². The lowest BCUT2D eigenvalue weighted by Crippen LogP contribution is -2.28. The maximum Gasteiger partial charge on any atom is 0.257 e. The molecule has 1 aromatic carbocycles. The molecular formula is C14H8N2O5-2. The molecule has 0 unspecified atom stereocenters. The number of carboxylic acid groups (broad SMARTS) is 2. The van der Waals surface area contributed by atoms with Crippen molar-refractivity contribution in [1.82, 2.24) is 4.98 Å². The van der Waals surface area contributed by atoms with Gasteiger partial charge in [-0.2, -0.15) is 0 Å². The van der Waals surface area contributed by atoms with E-state index in [1.54, 1.807) is 0 Å². The minimum Gasteiger partial charge on any atom is -0.545 e. The maximum atomic E-state index is 12.0. The van der Waals surface area contributed by atoms with Crippen LogP contribution in [0.3, 0.4) is 0 Å². The van der Waals surface area contributed by atoms with Crippen LogP contribution in [0.1, 0.15) is 31.2 Å². The van der Waals surface area contributed by atoms with Crippen LogP contribution in [0.25, 0.3) is 0 Å². The summed E-state index contributed by atoms with van der Waals surface area (Å²) in [6.07, 6.45) is 1.22. The molecule has 0 aliphatic carbocycles. The van der Waals surface area contributed by atoms with E-state index in [-0.39, 0.29) is 16.8 Å². The molecule has 0 atom stereocenters. The van der Waals surface area contributed by atoms with Gasteiger partial charge in [-0.25, -0.2) is 0 Å². The number of carboxylic acids is 2. The molecule has 1 aromatic heterocycles. The third-order valence-electron chi connectivity index (χ3n) is 2.60. The van der Waals surface area contributed by atoms with Crippen molar-refractivity contribution in [3.8, 4) is 0 Å². The summed E-state index contributed by atoms with van der Waals surface area (Å²) in [5.41, 5.74) is -0.601. The maximum absolute atomic E-state index is 12.0. The van der Waals surface area contributed by atoms with Gasteiger partial charge in [0.15, 0.2) is 0 Å². The van der Waals surface area contributed by atoms with Gasteiger partial charge < -0.3 is 25.1 Å². The van der Waals surface area contributed by atoms with Gasteiger partial charge in [0.25, 0.3) is 5.91 Å². The van der Waals surface area contributed by atoms with Gasteiger partial charge in [-0.05, 0) is 29.8 Å². The number of hydrogen-bond donors (Lipinski definition) is 1. The SMILES string of the molecule is O=C([O-])c1cccc(NC(=O)c2cccnc2C(=O)[O-])c1. The van der Waals surface area contributed by atoms with Gasteiger partial charge >= 0.3 is 0 Å². The lowest BCUT2D eigenvalue weighted by molar-refractivity contribution is -0.256. The molecule has 0 spiro atoms. The Morgan fingerprint density at radius 3 is 2.43 bits per heavy atom. The molecule has 0 fully saturated rings. The summed E-state index contributed by atoms with van der Waals surface area (Å²) in [4.78, 5) is 37.2. The van der Waals surface area contributed by atoms with E-state index in [1.807, 2.05) is 0 Å². The van der Waals surface area contributed by atoms with Crippen LogP contribution in [0, 0.1) is 0 Å². The molecule has 1 amide bonds. The fraction of sp³-hybridized carbons (Fsp3) is 0. The van der Waals surface area contributed by atoms with Gasteiger partial charge in [-0.15, -0.1) is 0 Å². The average Bonchev–Trinajstić information content (AvgIpc) is 2.47. The Morgan fingerprint density at radius 1 is 1.00 bits per heavy atom. The van der Waals surface area contributed by atoms with Crippen molar-refractivity contribution in [1.29, 1.82) is 0 Å². The molecule has 2 rings (SSSR count). The second-order valence-electron chi connectivity index (χ2n) is 4.01. The standard InChI is InChI=1S/C14H10N2O5/c17-12(10-5-2-6-15-11(10)14(20)21)16-9-4-1-3-8(7-9)13(18)19/h1-7H,(H,16,17)(H,18,19)(H,20,21)/p-2. The Bertz CT molecular complexity index is 727. The first-order valence-electron chi connectivity index (χ1n) is 5.78. The smallest absolute Gasteiger partial charge is 0.257 e. The monoisotopic (exact) mass is 284 g/mol. The summed E-state index contributed by atoms with van der Waals surface area (Å²) in [5, 5.41) is 24.0. The predicted molar refractivity (Wildman–Crippen MR) is 67.3 cm³/mol. The lowest BCUT2D eigenvalue weighted by atomic mass is 10.1. The highest BCUT2D eigenvalue weighted by Crippen LogP contribution is 2.13. The Kier molecular flexibility index (Phi) is 3.94. The largest absolute Gasteiger partial charge is 0.545 e. The number of pyridine rings is 1. The molecule has 0 bridgehead atoms. The molecule has 2 aromatic rings. The molecule has 7 nitrogen and oxygen atoms in total. The first-order valence-corrected chi connectivity index (χ1v) is 5.78. The van der Waals surface area contributed by atoms with Crippen LogP contribution < -0.4 is 15.5 Å². The molecule has 0 radical (unpaired) electrons. The fourth-order valence-electron chi connectivity index (χ4n) is 1.67. The predicted octanol–water partition coefficient (Wildman–Crippen LogP) is -0.939. The molecule has 1 N–H and O–H groups in total. The van der Waals surface area contributed by atoms with Crippen LogP contribution in [0.15, 0.2) is 42.6 Å². The average molecular weight is 284 g/mol. The number of carbonyl (C=O) groups excluding carboxylic acids is 3. The summed E-state index contributed by atoms with van der Waals surface area (Å²) in [5.74, 6) is -3.70. The van der Waals surface area contributed by atoms with E-state index in [1.165, 1.54) is 42.6 Å². The van der Waals surface area contributed by atoms with Crippen molar-refractivity contribution in [2.24, 2.45) is 0 Å². The number of carbonyl (C=O) groups is 3. The van der Waals surface area contributed by atoms with Crippen LogP contribution in [0.4, 0.5) is 5.69 Å². The normalized spacial score (nSPS) is 9.90. The molecule has 0 saturated heterocycles. The summed E-state index contributed by atoms with van der Waals surface area (Å²) in [7, 11) is 0. The van der Waals surface area contributed by atoms with E-state index in [0.717, 1.165) is 0 Å². The first-order chi connectivity index (χ1) is 9.99. The van der Waals surface area contributed by atoms with Crippen molar-refractivity contribution in [3.05, 3.63) is 59.4 Å². The van der Waals surface area contributed by atoms with E-state index in [9.17, 15) is 24.6 Å². The quantitative estimate of drug-likeness (QED) is 0.773. The summed E-state index contributed by atoms with van der Waals surface area (Å²) in [6.45, 7) is 0. The van der Waals surface area contributed by atoms with Gasteiger partial charge in [-0.3, -0.25) is 9.78 Å². The third-order valence-corrected chi connectivity index (χ3v) is 2.60. The molecular weight excluding hydrogens is 276 g/mol. The van der Waals surface area contributed by atoms with Gasteiger partial charge in [0.2, 0.25) is 0 Å². The zero-order chi connectivity index (χ0) is 15.4. The molecule has 7 heteroatoms. The number of nitrogens with one attached hydrogen (secondary N) is 1. The number of nitrogens with zero attached hydrogens (tertiary/aromatic N) is 1. The van der Waals surface area contributed by atoms with Crippen molar-refractivity contribution in [3.63, 3.8) is 0 Å². The Hall–Kier alpha value is -3.22. The molecule has 0 aliphatic heterocycles. The highest BCUT2D eigenvalue weighted by atomic mass is 16.4. The summed E-state index contributed by atoms with van der Waals surface area (Å²) >= 11 is 0. The van der Waals surface area contributed by atoms with E-state index in [0.29, 0.717) is 0 Å². The molecule has 0 aliphatic rings. The number of amides is 1. The summed E-state index contributed by atoms with van der Waals surface area (Å²) in [6, 6.07) is 8.06. The van der Waals surface area contributed by atoms with E-state index in [4.69, 9.17) is 0 Å². The topological polar surface area (TPSA) is 122 Å². The minimum atomic E-state index is -1.58. The molecule has 1 heterocycles. The fourth-order valence-corrected chi connectivity index (χ4v) is 1.67. The molecule has 0 saturated carbocycles. The van der Waals surface area contributed by atoms with Crippen LogP contribution in [-0.4, -0.2) is 22.8 Å².